The molecule has 2 bridgehead atoms. The number of carbonyl (C=O) groups is 1. The maximum atomic E-state index is 12.7. The van der Waals surface area contributed by atoms with Crippen LogP contribution in [0.5, 0.6) is 0 Å². The lowest BCUT2D eigenvalue weighted by molar-refractivity contribution is -0.127. The molecule has 2 aliphatic carbocycles. The highest BCUT2D eigenvalue weighted by Gasteiger charge is 2.41. The average Bonchev–Trinajstić information content (AvgIpc) is 3.18. The number of rotatable bonds is 4. The number of nitrogens with one attached hydrogen (secondary N) is 1. The van der Waals surface area contributed by atoms with Gasteiger partial charge in [-0.2, -0.15) is 0 Å². The summed E-state index contributed by atoms with van der Waals surface area (Å²) in [5.74, 6) is 2.17. The van der Waals surface area contributed by atoms with E-state index in [1.165, 1.54) is 36.8 Å². The fraction of sp³-hybridized carbons (Fsp3) is 0.667. The molecule has 3 aliphatic rings. The van der Waals surface area contributed by atoms with Crippen molar-refractivity contribution < 1.29 is 4.79 Å². The molecule has 4 unspecified atom stereocenters. The Morgan fingerprint density at radius 2 is 2.17 bits per heavy atom. The Hall–Kier alpha value is -1.35. The molecule has 2 saturated carbocycles. The molecule has 1 saturated heterocycles. The highest BCUT2D eigenvalue weighted by Crippen LogP contribution is 2.44. The normalized spacial score (nSPS) is 32.9. The third-order valence-electron chi connectivity index (χ3n) is 6.43. The van der Waals surface area contributed by atoms with Gasteiger partial charge in [0.25, 0.3) is 0 Å². The van der Waals surface area contributed by atoms with Crippen molar-refractivity contribution in [3.63, 3.8) is 0 Å². The molecule has 0 spiro atoms. The van der Waals surface area contributed by atoms with Crippen LogP contribution in [0.25, 0.3) is 0 Å². The lowest BCUT2D eigenvalue weighted by Crippen LogP contribution is -2.47. The smallest absolute Gasteiger partial charge is 0.224 e. The minimum Gasteiger partial charge on any atom is -0.353 e. The van der Waals surface area contributed by atoms with E-state index in [1.54, 1.807) is 0 Å². The van der Waals surface area contributed by atoms with E-state index in [-0.39, 0.29) is 5.92 Å². The zero-order valence-corrected chi connectivity index (χ0v) is 14.8. The standard InChI is InChI=1S/C21H30N2O/c1-15-4-2-5-17(10-15)13-23-9-3-6-19(14-23)21(24)22-20-12-16-7-8-18(20)11-16/h2,4-5,10,16,18-20H,3,6-9,11-14H2,1H3,(H,22,24). The van der Waals surface area contributed by atoms with Crippen LogP contribution in [-0.4, -0.2) is 29.9 Å². The minimum absolute atomic E-state index is 0.183. The summed E-state index contributed by atoms with van der Waals surface area (Å²) in [5, 5.41) is 3.41. The minimum atomic E-state index is 0.183. The predicted molar refractivity (Wildman–Crippen MR) is 96.6 cm³/mol. The molecule has 3 heteroatoms. The summed E-state index contributed by atoms with van der Waals surface area (Å²) < 4.78 is 0. The number of aryl methyl sites for hydroxylation is 1. The molecule has 24 heavy (non-hydrogen) atoms. The van der Waals surface area contributed by atoms with Gasteiger partial charge >= 0.3 is 0 Å². The topological polar surface area (TPSA) is 32.3 Å². The van der Waals surface area contributed by atoms with E-state index in [1.807, 2.05) is 0 Å². The van der Waals surface area contributed by atoms with Crippen molar-refractivity contribution in [2.45, 2.75) is 58.0 Å². The molecule has 1 N–H and O–H groups in total. The fourth-order valence-corrected chi connectivity index (χ4v) is 5.20. The van der Waals surface area contributed by atoms with Crippen LogP contribution in [0.15, 0.2) is 24.3 Å². The van der Waals surface area contributed by atoms with Gasteiger partial charge in [0.1, 0.15) is 0 Å². The van der Waals surface area contributed by atoms with Gasteiger partial charge < -0.3 is 5.32 Å². The van der Waals surface area contributed by atoms with Crippen molar-refractivity contribution in [1.29, 1.82) is 0 Å². The van der Waals surface area contributed by atoms with Crippen LogP contribution in [0.2, 0.25) is 0 Å². The lowest BCUT2D eigenvalue weighted by atomic mass is 9.92. The average molecular weight is 326 g/mol. The van der Waals surface area contributed by atoms with Crippen molar-refractivity contribution in [2.75, 3.05) is 13.1 Å². The Morgan fingerprint density at radius 1 is 1.25 bits per heavy atom. The van der Waals surface area contributed by atoms with Crippen molar-refractivity contribution in [3.05, 3.63) is 35.4 Å². The van der Waals surface area contributed by atoms with Gasteiger partial charge in [-0.25, -0.2) is 0 Å². The number of fused-ring (bicyclic) bond motifs is 2. The summed E-state index contributed by atoms with van der Waals surface area (Å²) in [7, 11) is 0. The first-order valence-corrected chi connectivity index (χ1v) is 9.75. The van der Waals surface area contributed by atoms with Gasteiger partial charge in [-0.1, -0.05) is 36.2 Å². The summed E-state index contributed by atoms with van der Waals surface area (Å²) in [6.07, 6.45) is 7.51. The van der Waals surface area contributed by atoms with Gasteiger partial charge in [0.15, 0.2) is 0 Å². The first-order chi connectivity index (χ1) is 11.7. The van der Waals surface area contributed by atoms with Crippen molar-refractivity contribution in [3.8, 4) is 0 Å². The number of nitrogens with zero attached hydrogens (tertiary/aromatic N) is 1. The summed E-state index contributed by atoms with van der Waals surface area (Å²) in [6.45, 7) is 5.15. The first-order valence-electron chi connectivity index (χ1n) is 9.75. The lowest BCUT2D eigenvalue weighted by Gasteiger charge is -2.33. The van der Waals surface area contributed by atoms with Crippen LogP contribution >= 0.6 is 0 Å². The summed E-state index contributed by atoms with van der Waals surface area (Å²) in [4.78, 5) is 15.2. The van der Waals surface area contributed by atoms with Gasteiger partial charge in [-0.3, -0.25) is 9.69 Å². The number of hydrogen-bond acceptors (Lipinski definition) is 2. The van der Waals surface area contributed by atoms with Crippen LogP contribution in [0.4, 0.5) is 0 Å². The van der Waals surface area contributed by atoms with Gasteiger partial charge in [0.05, 0.1) is 5.92 Å². The van der Waals surface area contributed by atoms with E-state index in [9.17, 15) is 4.79 Å². The molecular formula is C21H30N2O. The molecule has 4 rings (SSSR count). The molecule has 1 aliphatic heterocycles. The number of benzene rings is 1. The Labute approximate surface area is 145 Å². The number of carbonyl (C=O) groups excluding carboxylic acids is 1. The van der Waals surface area contributed by atoms with Crippen LogP contribution in [0.1, 0.15) is 49.7 Å². The summed E-state index contributed by atoms with van der Waals surface area (Å²) >= 11 is 0. The van der Waals surface area contributed by atoms with Crippen molar-refractivity contribution in [2.24, 2.45) is 17.8 Å². The molecule has 1 amide bonds. The SMILES string of the molecule is Cc1cccc(CN2CCCC(C(=O)NC3CC4CCC3C4)C2)c1. The van der Waals surface area contributed by atoms with Gasteiger partial charge in [-0.05, 0) is 63.0 Å². The van der Waals surface area contributed by atoms with E-state index < -0.39 is 0 Å². The summed E-state index contributed by atoms with van der Waals surface area (Å²) in [6, 6.07) is 9.22. The van der Waals surface area contributed by atoms with E-state index in [4.69, 9.17) is 0 Å². The molecule has 3 nitrogen and oxygen atoms in total. The molecule has 1 heterocycles. The van der Waals surface area contributed by atoms with Gasteiger partial charge in [0.2, 0.25) is 5.91 Å². The van der Waals surface area contributed by atoms with Crippen LogP contribution in [0.3, 0.4) is 0 Å². The Kier molecular flexibility index (Phi) is 4.62. The van der Waals surface area contributed by atoms with E-state index in [0.29, 0.717) is 11.9 Å². The highest BCUT2D eigenvalue weighted by molar-refractivity contribution is 5.79. The maximum absolute atomic E-state index is 12.7. The van der Waals surface area contributed by atoms with Crippen molar-refractivity contribution in [1.82, 2.24) is 10.2 Å². The molecule has 3 fully saturated rings. The number of amides is 1. The molecule has 130 valence electrons. The maximum Gasteiger partial charge on any atom is 0.224 e. The van der Waals surface area contributed by atoms with Gasteiger partial charge in [0, 0.05) is 19.1 Å². The van der Waals surface area contributed by atoms with Crippen molar-refractivity contribution >= 4 is 5.91 Å². The molecule has 0 radical (unpaired) electrons. The van der Waals surface area contributed by atoms with Gasteiger partial charge in [-0.15, -0.1) is 0 Å². The number of piperidine rings is 1. The third-order valence-corrected chi connectivity index (χ3v) is 6.43. The quantitative estimate of drug-likeness (QED) is 0.918. The molecule has 0 aromatic heterocycles. The fourth-order valence-electron chi connectivity index (χ4n) is 5.20. The number of hydrogen-bond donors (Lipinski definition) is 1. The van der Waals surface area contributed by atoms with Crippen LogP contribution in [-0.2, 0) is 11.3 Å². The Bertz CT molecular complexity index is 599. The predicted octanol–water partition coefficient (Wildman–Crippen LogP) is 3.51. The number of likely N-dealkylation sites (tertiary alicyclic amines) is 1. The van der Waals surface area contributed by atoms with Crippen LogP contribution in [0, 0.1) is 24.7 Å². The van der Waals surface area contributed by atoms with E-state index in [0.717, 1.165) is 44.3 Å². The highest BCUT2D eigenvalue weighted by atomic mass is 16.2. The van der Waals surface area contributed by atoms with E-state index >= 15 is 0 Å². The molecule has 1 aromatic carbocycles. The summed E-state index contributed by atoms with van der Waals surface area (Å²) in [5.41, 5.74) is 2.68. The second-order valence-electron chi connectivity index (χ2n) is 8.35. The Morgan fingerprint density at radius 3 is 2.92 bits per heavy atom. The monoisotopic (exact) mass is 326 g/mol. The second-order valence-corrected chi connectivity index (χ2v) is 8.35. The first kappa shape index (κ1) is 16.1. The van der Waals surface area contributed by atoms with E-state index in [2.05, 4.69) is 41.4 Å². The third kappa shape index (κ3) is 3.51. The molecule has 1 aromatic rings. The zero-order valence-electron chi connectivity index (χ0n) is 14.8. The molecular weight excluding hydrogens is 296 g/mol. The Balaban J connectivity index is 1.32. The van der Waals surface area contributed by atoms with Crippen LogP contribution < -0.4 is 5.32 Å². The molecule has 4 atom stereocenters. The second kappa shape index (κ2) is 6.87. The largest absolute Gasteiger partial charge is 0.353 e. The zero-order chi connectivity index (χ0) is 16.5.